The molecule has 2 aromatic rings. The lowest BCUT2D eigenvalue weighted by molar-refractivity contribution is -0.118. The summed E-state index contributed by atoms with van der Waals surface area (Å²) >= 11 is 0. The molecule has 10 nitrogen and oxygen atoms in total. The number of benzene rings is 2. The Morgan fingerprint density at radius 1 is 1.23 bits per heavy atom. The van der Waals surface area contributed by atoms with E-state index >= 15 is 0 Å². The molecule has 0 atom stereocenters. The van der Waals surface area contributed by atoms with Gasteiger partial charge in [-0.1, -0.05) is 0 Å². The number of ether oxygens (including phenoxy) is 2. The number of aromatic hydroxyl groups is 1. The molecule has 162 valence electrons. The van der Waals surface area contributed by atoms with Gasteiger partial charge in [0.25, 0.3) is 17.7 Å². The number of phenolic OH excluding ortho intramolecular Hbond substituents is 1. The van der Waals surface area contributed by atoms with Crippen LogP contribution in [-0.4, -0.2) is 43.6 Å². The molecule has 0 saturated carbocycles. The number of nitrogens with one attached hydrogen (secondary N) is 4. The number of anilines is 2. The van der Waals surface area contributed by atoms with Crippen molar-refractivity contribution in [2.24, 2.45) is 0 Å². The maximum atomic E-state index is 12.8. The predicted octanol–water partition coefficient (Wildman–Crippen LogP) is 1.79. The molecule has 0 aromatic heterocycles. The first kappa shape index (κ1) is 21.5. The smallest absolute Gasteiger partial charge is 0.262 e. The van der Waals surface area contributed by atoms with Gasteiger partial charge >= 0.3 is 0 Å². The number of carbonyl (C=O) groups excluding carboxylic acids is 3. The standard InChI is InChI=1S/C21H22N4O6/c1-4-16(22-2)25-21(29)12-9-11(5-8-15(12)30-3)20(28)24-13-6-7-14-19(18(13)27)31-10-17(26)23-14/h4-9,22,27H,10H2,1-3H3,(H,23,26)(H,24,28)(H,25,29)/b16-4+. The van der Waals surface area contributed by atoms with E-state index in [1.54, 1.807) is 20.0 Å². The minimum absolute atomic E-state index is 0.0677. The fourth-order valence-corrected chi connectivity index (χ4v) is 2.93. The van der Waals surface area contributed by atoms with E-state index in [1.807, 2.05) is 0 Å². The highest BCUT2D eigenvalue weighted by Gasteiger charge is 2.23. The molecule has 31 heavy (non-hydrogen) atoms. The van der Waals surface area contributed by atoms with E-state index in [-0.39, 0.29) is 40.8 Å². The number of rotatable bonds is 6. The largest absolute Gasteiger partial charge is 0.503 e. The number of amides is 3. The number of hydrogen-bond acceptors (Lipinski definition) is 7. The van der Waals surface area contributed by atoms with Gasteiger partial charge in [-0.3, -0.25) is 14.4 Å². The fourth-order valence-electron chi connectivity index (χ4n) is 2.93. The van der Waals surface area contributed by atoms with Gasteiger partial charge in [0.2, 0.25) is 0 Å². The van der Waals surface area contributed by atoms with Gasteiger partial charge in [-0.15, -0.1) is 0 Å². The van der Waals surface area contributed by atoms with Crippen molar-refractivity contribution in [3.8, 4) is 17.2 Å². The van der Waals surface area contributed by atoms with Crippen LogP contribution in [0.5, 0.6) is 17.2 Å². The quantitative estimate of drug-likeness (QED) is 0.444. The van der Waals surface area contributed by atoms with Crippen LogP contribution < -0.4 is 30.7 Å². The lowest BCUT2D eigenvalue weighted by Gasteiger charge is -2.20. The van der Waals surface area contributed by atoms with Crippen molar-refractivity contribution in [3.05, 3.63) is 53.4 Å². The Hall–Kier alpha value is -4.21. The Morgan fingerprint density at radius 3 is 2.68 bits per heavy atom. The van der Waals surface area contributed by atoms with Crippen molar-refractivity contribution in [3.63, 3.8) is 0 Å². The second-order valence-corrected chi connectivity index (χ2v) is 6.45. The van der Waals surface area contributed by atoms with Gasteiger partial charge in [0, 0.05) is 12.6 Å². The Bertz CT molecular complexity index is 1080. The molecule has 2 aromatic carbocycles. The zero-order valence-electron chi connectivity index (χ0n) is 17.2. The first-order valence-corrected chi connectivity index (χ1v) is 9.31. The van der Waals surface area contributed by atoms with Crippen molar-refractivity contribution in [2.45, 2.75) is 6.92 Å². The van der Waals surface area contributed by atoms with Crippen LogP contribution in [0, 0.1) is 0 Å². The van der Waals surface area contributed by atoms with Gasteiger partial charge < -0.3 is 35.8 Å². The molecule has 1 aliphatic rings. The lowest BCUT2D eigenvalue weighted by Crippen LogP contribution is -2.30. The Kier molecular flexibility index (Phi) is 6.29. The summed E-state index contributed by atoms with van der Waals surface area (Å²) in [6.45, 7) is 1.52. The summed E-state index contributed by atoms with van der Waals surface area (Å²) in [4.78, 5) is 36.8. The highest BCUT2D eigenvalue weighted by molar-refractivity contribution is 6.08. The van der Waals surface area contributed by atoms with Crippen LogP contribution in [0.15, 0.2) is 42.2 Å². The first-order chi connectivity index (χ1) is 14.9. The molecule has 5 N–H and O–H groups in total. The Balaban J connectivity index is 1.86. The number of methoxy groups -OCH3 is 1. The van der Waals surface area contributed by atoms with E-state index < -0.39 is 11.8 Å². The minimum atomic E-state index is -0.563. The number of allylic oxidation sites excluding steroid dienone is 1. The van der Waals surface area contributed by atoms with Gasteiger partial charge in [-0.05, 0) is 43.3 Å². The van der Waals surface area contributed by atoms with Crippen molar-refractivity contribution in [1.29, 1.82) is 0 Å². The second-order valence-electron chi connectivity index (χ2n) is 6.45. The highest BCUT2D eigenvalue weighted by atomic mass is 16.5. The third kappa shape index (κ3) is 4.53. The molecule has 0 bridgehead atoms. The molecule has 0 spiro atoms. The van der Waals surface area contributed by atoms with E-state index in [2.05, 4.69) is 21.3 Å². The van der Waals surface area contributed by atoms with Gasteiger partial charge in [-0.2, -0.15) is 0 Å². The van der Waals surface area contributed by atoms with Crippen LogP contribution in [-0.2, 0) is 4.79 Å². The summed E-state index contributed by atoms with van der Waals surface area (Å²) in [5.74, 6) is -0.829. The second kappa shape index (κ2) is 9.08. The third-order valence-electron chi connectivity index (χ3n) is 4.51. The van der Waals surface area contributed by atoms with Gasteiger partial charge in [0.15, 0.2) is 18.1 Å². The monoisotopic (exact) mass is 426 g/mol. The molecular weight excluding hydrogens is 404 g/mol. The van der Waals surface area contributed by atoms with Crippen molar-refractivity contribution in [2.75, 3.05) is 31.4 Å². The van der Waals surface area contributed by atoms with E-state index in [4.69, 9.17) is 9.47 Å². The number of carbonyl (C=O) groups is 3. The maximum absolute atomic E-state index is 12.8. The number of fused-ring (bicyclic) bond motifs is 1. The van der Waals surface area contributed by atoms with Crippen LogP contribution in [0.2, 0.25) is 0 Å². The summed E-state index contributed by atoms with van der Waals surface area (Å²) in [5, 5.41) is 21.1. The molecule has 0 saturated heterocycles. The summed E-state index contributed by atoms with van der Waals surface area (Å²) in [6.07, 6.45) is 1.68. The van der Waals surface area contributed by atoms with Crippen molar-refractivity contribution >= 4 is 29.1 Å². The van der Waals surface area contributed by atoms with Crippen molar-refractivity contribution < 1.29 is 29.0 Å². The third-order valence-corrected chi connectivity index (χ3v) is 4.51. The lowest BCUT2D eigenvalue weighted by atomic mass is 10.1. The highest BCUT2D eigenvalue weighted by Crippen LogP contribution is 2.42. The van der Waals surface area contributed by atoms with Crippen LogP contribution in [0.4, 0.5) is 11.4 Å². The molecule has 0 fully saturated rings. The molecule has 0 radical (unpaired) electrons. The van der Waals surface area contributed by atoms with Crippen LogP contribution in [0.25, 0.3) is 0 Å². The molecule has 10 heteroatoms. The normalized spacial score (nSPS) is 12.7. The topological polar surface area (TPSA) is 138 Å². The van der Waals surface area contributed by atoms with E-state index in [9.17, 15) is 19.5 Å². The zero-order valence-corrected chi connectivity index (χ0v) is 17.2. The molecular formula is C21H22N4O6. The summed E-state index contributed by atoms with van der Waals surface area (Å²) in [6, 6.07) is 7.32. The van der Waals surface area contributed by atoms with E-state index in [0.29, 0.717) is 17.3 Å². The predicted molar refractivity (Wildman–Crippen MR) is 113 cm³/mol. The van der Waals surface area contributed by atoms with Crippen LogP contribution in [0.3, 0.4) is 0 Å². The zero-order chi connectivity index (χ0) is 22.5. The molecule has 3 rings (SSSR count). The van der Waals surface area contributed by atoms with E-state index in [1.165, 1.54) is 37.4 Å². The Labute approximate surface area is 178 Å². The molecule has 0 aliphatic carbocycles. The molecule has 1 heterocycles. The van der Waals surface area contributed by atoms with Crippen LogP contribution >= 0.6 is 0 Å². The first-order valence-electron chi connectivity index (χ1n) is 9.31. The van der Waals surface area contributed by atoms with Crippen LogP contribution in [0.1, 0.15) is 27.6 Å². The average molecular weight is 426 g/mol. The average Bonchev–Trinajstić information content (AvgIpc) is 2.78. The van der Waals surface area contributed by atoms with Gasteiger partial charge in [0.1, 0.15) is 11.6 Å². The van der Waals surface area contributed by atoms with Crippen molar-refractivity contribution in [1.82, 2.24) is 10.6 Å². The van der Waals surface area contributed by atoms with Gasteiger partial charge in [-0.25, -0.2) is 0 Å². The van der Waals surface area contributed by atoms with Gasteiger partial charge in [0.05, 0.1) is 24.0 Å². The molecule has 3 amide bonds. The SMILES string of the molecule is C/C=C(\NC)NC(=O)c1cc(C(=O)Nc2ccc3c(c2O)OCC(=O)N3)ccc1OC. The summed E-state index contributed by atoms with van der Waals surface area (Å²) < 4.78 is 10.5. The Morgan fingerprint density at radius 2 is 2.00 bits per heavy atom. The number of phenols is 1. The molecule has 1 aliphatic heterocycles. The number of hydrogen-bond donors (Lipinski definition) is 5. The summed E-state index contributed by atoms with van der Waals surface area (Å²) in [5.41, 5.74) is 0.724. The molecule has 0 unspecified atom stereocenters. The minimum Gasteiger partial charge on any atom is -0.503 e. The summed E-state index contributed by atoms with van der Waals surface area (Å²) in [7, 11) is 3.08. The maximum Gasteiger partial charge on any atom is 0.262 e. The van der Waals surface area contributed by atoms with E-state index in [0.717, 1.165) is 0 Å². The fraction of sp³-hybridized carbons (Fsp3) is 0.190.